The fraction of sp³-hybridized carbons (Fsp3) is 0.231. The molecule has 30 heavy (non-hydrogen) atoms. The molecule has 0 amide bonds. The van der Waals surface area contributed by atoms with E-state index in [1.54, 1.807) is 12.1 Å². The highest BCUT2D eigenvalue weighted by atomic mass is 16.5. The predicted octanol–water partition coefficient (Wildman–Crippen LogP) is 5.57. The topological polar surface area (TPSA) is 52.6 Å². The lowest BCUT2D eigenvalue weighted by molar-refractivity contribution is -0.116. The minimum Gasteiger partial charge on any atom is -0.488 e. The van der Waals surface area contributed by atoms with Crippen molar-refractivity contribution in [2.24, 2.45) is 0 Å². The first-order valence-corrected chi connectivity index (χ1v) is 10.1. The standard InChI is InChI=1S/C26H26O4/c1-3-22-15-23(24(28)14-19(2)27)26(30-18-21-12-8-5-9-13-21)16-25(22)29-17-20-10-6-4-7-11-20/h4-13,15-16H,3,14,17-18H2,1-2H3. The summed E-state index contributed by atoms with van der Waals surface area (Å²) in [7, 11) is 0. The van der Waals surface area contributed by atoms with Crippen molar-refractivity contribution in [3.05, 3.63) is 95.1 Å². The van der Waals surface area contributed by atoms with Gasteiger partial charge in [0.25, 0.3) is 0 Å². The average Bonchev–Trinajstić information content (AvgIpc) is 2.77. The lowest BCUT2D eigenvalue weighted by atomic mass is 10.0. The van der Waals surface area contributed by atoms with Crippen LogP contribution in [0.1, 0.15) is 47.3 Å². The zero-order valence-electron chi connectivity index (χ0n) is 17.4. The molecule has 0 spiro atoms. The summed E-state index contributed by atoms with van der Waals surface area (Å²) in [6.45, 7) is 4.17. The van der Waals surface area contributed by atoms with Gasteiger partial charge >= 0.3 is 0 Å². The van der Waals surface area contributed by atoms with Crippen LogP contribution in [0, 0.1) is 0 Å². The Balaban J connectivity index is 1.90. The van der Waals surface area contributed by atoms with Gasteiger partial charge in [-0.15, -0.1) is 0 Å². The molecule has 0 aliphatic rings. The van der Waals surface area contributed by atoms with E-state index < -0.39 is 0 Å². The first-order chi connectivity index (χ1) is 14.6. The lowest BCUT2D eigenvalue weighted by Gasteiger charge is -2.17. The van der Waals surface area contributed by atoms with Crippen molar-refractivity contribution in [1.29, 1.82) is 0 Å². The Kier molecular flexibility index (Phi) is 7.39. The van der Waals surface area contributed by atoms with Gasteiger partial charge in [-0.2, -0.15) is 0 Å². The second-order valence-electron chi connectivity index (χ2n) is 7.16. The van der Waals surface area contributed by atoms with Crippen molar-refractivity contribution in [3.8, 4) is 11.5 Å². The molecule has 0 unspecified atom stereocenters. The molecule has 0 atom stereocenters. The molecule has 0 aromatic heterocycles. The maximum Gasteiger partial charge on any atom is 0.173 e. The summed E-state index contributed by atoms with van der Waals surface area (Å²) in [5, 5.41) is 0. The van der Waals surface area contributed by atoms with Crippen LogP contribution in [0.15, 0.2) is 72.8 Å². The number of hydrogen-bond donors (Lipinski definition) is 0. The van der Waals surface area contributed by atoms with E-state index in [1.807, 2.05) is 67.6 Å². The smallest absolute Gasteiger partial charge is 0.173 e. The molecule has 0 fully saturated rings. The van der Waals surface area contributed by atoms with E-state index in [-0.39, 0.29) is 18.0 Å². The van der Waals surface area contributed by atoms with Crippen LogP contribution in [0.5, 0.6) is 11.5 Å². The molecule has 154 valence electrons. The second-order valence-corrected chi connectivity index (χ2v) is 7.16. The predicted molar refractivity (Wildman–Crippen MR) is 117 cm³/mol. The molecule has 0 radical (unpaired) electrons. The lowest BCUT2D eigenvalue weighted by Crippen LogP contribution is -2.10. The van der Waals surface area contributed by atoms with Crippen molar-refractivity contribution in [2.75, 3.05) is 0 Å². The Hall–Kier alpha value is -3.40. The van der Waals surface area contributed by atoms with Gasteiger partial charge in [-0.25, -0.2) is 0 Å². The van der Waals surface area contributed by atoms with E-state index in [9.17, 15) is 9.59 Å². The van der Waals surface area contributed by atoms with Crippen LogP contribution in [0.4, 0.5) is 0 Å². The first kappa shape index (κ1) is 21.3. The quantitative estimate of drug-likeness (QED) is 0.329. The molecule has 0 heterocycles. The number of rotatable bonds is 10. The molecule has 4 nitrogen and oxygen atoms in total. The third-order valence-electron chi connectivity index (χ3n) is 4.73. The third kappa shape index (κ3) is 5.80. The molecular weight excluding hydrogens is 376 g/mol. The molecule has 0 aliphatic heterocycles. The van der Waals surface area contributed by atoms with Crippen LogP contribution in [0.2, 0.25) is 0 Å². The highest BCUT2D eigenvalue weighted by Crippen LogP contribution is 2.32. The summed E-state index contributed by atoms with van der Waals surface area (Å²) in [5.41, 5.74) is 3.38. The zero-order valence-corrected chi connectivity index (χ0v) is 17.4. The number of carbonyl (C=O) groups excluding carboxylic acids is 2. The summed E-state index contributed by atoms with van der Waals surface area (Å²) in [4.78, 5) is 24.2. The molecule has 0 saturated carbocycles. The van der Waals surface area contributed by atoms with Crippen LogP contribution >= 0.6 is 0 Å². The number of Topliss-reactive ketones (excluding diaryl/α,β-unsaturated/α-hetero) is 2. The molecule has 4 heteroatoms. The largest absolute Gasteiger partial charge is 0.488 e. The van der Waals surface area contributed by atoms with Crippen molar-refractivity contribution >= 4 is 11.6 Å². The van der Waals surface area contributed by atoms with E-state index in [0.717, 1.165) is 16.7 Å². The fourth-order valence-corrected chi connectivity index (χ4v) is 3.15. The Morgan fingerprint density at radius 1 is 0.767 bits per heavy atom. The molecule has 3 rings (SSSR count). The van der Waals surface area contributed by atoms with E-state index >= 15 is 0 Å². The van der Waals surface area contributed by atoms with Crippen molar-refractivity contribution in [2.45, 2.75) is 39.9 Å². The Bertz CT molecular complexity index is 994. The summed E-state index contributed by atoms with van der Waals surface area (Å²) < 4.78 is 12.1. The van der Waals surface area contributed by atoms with Crippen molar-refractivity contribution in [1.82, 2.24) is 0 Å². The van der Waals surface area contributed by atoms with Crippen LogP contribution < -0.4 is 9.47 Å². The van der Waals surface area contributed by atoms with E-state index in [1.165, 1.54) is 6.92 Å². The summed E-state index contributed by atoms with van der Waals surface area (Å²) in [5.74, 6) is 0.709. The molecule has 0 saturated heterocycles. The second kappa shape index (κ2) is 10.4. The maximum atomic E-state index is 12.7. The Morgan fingerprint density at radius 3 is 1.80 bits per heavy atom. The zero-order chi connectivity index (χ0) is 21.3. The highest BCUT2D eigenvalue weighted by molar-refractivity contribution is 6.09. The van der Waals surface area contributed by atoms with Crippen LogP contribution in [-0.2, 0) is 24.4 Å². The number of hydrogen-bond acceptors (Lipinski definition) is 4. The van der Waals surface area contributed by atoms with E-state index in [4.69, 9.17) is 9.47 Å². The summed E-state index contributed by atoms with van der Waals surface area (Å²) in [6.07, 6.45) is 0.554. The van der Waals surface area contributed by atoms with Gasteiger partial charge in [0.1, 0.15) is 30.5 Å². The summed E-state index contributed by atoms with van der Waals surface area (Å²) in [6, 6.07) is 23.2. The van der Waals surface area contributed by atoms with Gasteiger partial charge in [0, 0.05) is 6.07 Å². The van der Waals surface area contributed by atoms with Crippen molar-refractivity contribution in [3.63, 3.8) is 0 Å². The monoisotopic (exact) mass is 402 g/mol. The van der Waals surface area contributed by atoms with Gasteiger partial charge in [-0.3, -0.25) is 9.59 Å². The minimum atomic E-state index is -0.241. The number of ether oxygens (including phenoxy) is 2. The molecule has 3 aromatic rings. The molecule has 0 aliphatic carbocycles. The van der Waals surface area contributed by atoms with Crippen LogP contribution in [0.3, 0.4) is 0 Å². The minimum absolute atomic E-state index is 0.144. The van der Waals surface area contributed by atoms with Gasteiger partial charge in [0.15, 0.2) is 5.78 Å². The van der Waals surface area contributed by atoms with Crippen LogP contribution in [0.25, 0.3) is 0 Å². The van der Waals surface area contributed by atoms with Crippen LogP contribution in [-0.4, -0.2) is 11.6 Å². The van der Waals surface area contributed by atoms with Gasteiger partial charge in [-0.1, -0.05) is 67.6 Å². The number of aryl methyl sites for hydroxylation is 1. The average molecular weight is 402 g/mol. The van der Waals surface area contributed by atoms with Crippen molar-refractivity contribution < 1.29 is 19.1 Å². The number of carbonyl (C=O) groups is 2. The van der Waals surface area contributed by atoms with Gasteiger partial charge in [0.05, 0.1) is 12.0 Å². The summed E-state index contributed by atoms with van der Waals surface area (Å²) >= 11 is 0. The fourth-order valence-electron chi connectivity index (χ4n) is 3.15. The van der Waals surface area contributed by atoms with E-state index in [2.05, 4.69) is 0 Å². The number of benzene rings is 3. The first-order valence-electron chi connectivity index (χ1n) is 10.1. The van der Waals surface area contributed by atoms with E-state index in [0.29, 0.717) is 36.7 Å². The molecular formula is C26H26O4. The number of ketones is 2. The maximum absolute atomic E-state index is 12.7. The normalized spacial score (nSPS) is 10.5. The molecule has 0 N–H and O–H groups in total. The van der Waals surface area contributed by atoms with Gasteiger partial charge in [0.2, 0.25) is 0 Å². The van der Waals surface area contributed by atoms with Gasteiger partial charge in [-0.05, 0) is 36.1 Å². The molecule has 3 aromatic carbocycles. The third-order valence-corrected chi connectivity index (χ3v) is 4.73. The Morgan fingerprint density at radius 2 is 1.30 bits per heavy atom. The molecule has 0 bridgehead atoms. The highest BCUT2D eigenvalue weighted by Gasteiger charge is 2.19. The van der Waals surface area contributed by atoms with Gasteiger partial charge < -0.3 is 9.47 Å². The SMILES string of the molecule is CCc1cc(C(=O)CC(C)=O)c(OCc2ccccc2)cc1OCc1ccccc1. The Labute approximate surface area is 177 Å².